The molecule has 0 bridgehead atoms. The Balaban J connectivity index is 2.24. The SMILES string of the molecule is CCNc1cc(Nc2ccc(Cl)c(F)c2)nc(C)n1. The molecule has 1 aromatic heterocycles. The van der Waals surface area contributed by atoms with E-state index in [1.165, 1.54) is 12.1 Å². The summed E-state index contributed by atoms with van der Waals surface area (Å²) in [5, 5.41) is 6.23. The van der Waals surface area contributed by atoms with Crippen molar-refractivity contribution in [1.29, 1.82) is 0 Å². The minimum absolute atomic E-state index is 0.0951. The number of hydrogen-bond donors (Lipinski definition) is 2. The molecule has 100 valence electrons. The minimum Gasteiger partial charge on any atom is -0.370 e. The van der Waals surface area contributed by atoms with Crippen LogP contribution in [0.15, 0.2) is 24.3 Å². The highest BCUT2D eigenvalue weighted by molar-refractivity contribution is 6.30. The van der Waals surface area contributed by atoms with Crippen molar-refractivity contribution >= 4 is 28.9 Å². The fourth-order valence-electron chi connectivity index (χ4n) is 1.63. The van der Waals surface area contributed by atoms with Gasteiger partial charge in [-0.1, -0.05) is 11.6 Å². The van der Waals surface area contributed by atoms with E-state index in [0.717, 1.165) is 12.4 Å². The molecular formula is C13H14ClFN4. The number of aromatic nitrogens is 2. The fourth-order valence-corrected chi connectivity index (χ4v) is 1.74. The van der Waals surface area contributed by atoms with Gasteiger partial charge in [0.2, 0.25) is 0 Å². The Morgan fingerprint density at radius 2 is 1.95 bits per heavy atom. The van der Waals surface area contributed by atoms with Crippen molar-refractivity contribution in [1.82, 2.24) is 9.97 Å². The van der Waals surface area contributed by atoms with Crippen LogP contribution in [-0.2, 0) is 0 Å². The molecule has 2 N–H and O–H groups in total. The van der Waals surface area contributed by atoms with E-state index in [-0.39, 0.29) is 5.02 Å². The van der Waals surface area contributed by atoms with Crippen molar-refractivity contribution in [3.63, 3.8) is 0 Å². The smallest absolute Gasteiger partial charge is 0.143 e. The molecule has 0 saturated carbocycles. The summed E-state index contributed by atoms with van der Waals surface area (Å²) in [7, 11) is 0. The average Bonchev–Trinajstić information content (AvgIpc) is 2.33. The van der Waals surface area contributed by atoms with E-state index in [2.05, 4.69) is 20.6 Å². The monoisotopic (exact) mass is 280 g/mol. The third-order valence-corrected chi connectivity index (χ3v) is 2.69. The molecule has 0 unspecified atom stereocenters. The molecule has 0 amide bonds. The van der Waals surface area contributed by atoms with Crippen molar-refractivity contribution in [2.45, 2.75) is 13.8 Å². The molecule has 0 fully saturated rings. The zero-order valence-corrected chi connectivity index (χ0v) is 11.4. The minimum atomic E-state index is -0.468. The Morgan fingerprint density at radius 3 is 2.63 bits per heavy atom. The van der Waals surface area contributed by atoms with Crippen LogP contribution in [0.3, 0.4) is 0 Å². The van der Waals surface area contributed by atoms with Gasteiger partial charge in [-0.3, -0.25) is 0 Å². The molecule has 4 nitrogen and oxygen atoms in total. The average molecular weight is 281 g/mol. The van der Waals surface area contributed by atoms with Gasteiger partial charge < -0.3 is 10.6 Å². The molecule has 0 saturated heterocycles. The van der Waals surface area contributed by atoms with Gasteiger partial charge in [0.15, 0.2) is 0 Å². The Hall–Kier alpha value is -1.88. The van der Waals surface area contributed by atoms with Crippen LogP contribution in [-0.4, -0.2) is 16.5 Å². The number of hydrogen-bond acceptors (Lipinski definition) is 4. The Bertz CT molecular complexity index is 589. The Labute approximate surface area is 116 Å². The quantitative estimate of drug-likeness (QED) is 0.895. The van der Waals surface area contributed by atoms with Crippen molar-refractivity contribution < 1.29 is 4.39 Å². The summed E-state index contributed by atoms with van der Waals surface area (Å²) in [6.07, 6.45) is 0. The molecule has 0 aliphatic heterocycles. The first-order chi connectivity index (χ1) is 9.08. The van der Waals surface area contributed by atoms with Gasteiger partial charge >= 0.3 is 0 Å². The van der Waals surface area contributed by atoms with Gasteiger partial charge in [-0.05, 0) is 32.0 Å². The van der Waals surface area contributed by atoms with E-state index in [9.17, 15) is 4.39 Å². The number of nitrogens with zero attached hydrogens (tertiary/aromatic N) is 2. The van der Waals surface area contributed by atoms with E-state index in [1.54, 1.807) is 19.1 Å². The topological polar surface area (TPSA) is 49.8 Å². The maximum Gasteiger partial charge on any atom is 0.143 e. The largest absolute Gasteiger partial charge is 0.370 e. The van der Waals surface area contributed by atoms with E-state index >= 15 is 0 Å². The summed E-state index contributed by atoms with van der Waals surface area (Å²) >= 11 is 5.64. The van der Waals surface area contributed by atoms with Crippen LogP contribution in [0, 0.1) is 12.7 Å². The third kappa shape index (κ3) is 3.54. The van der Waals surface area contributed by atoms with Crippen molar-refractivity contribution in [3.05, 3.63) is 40.9 Å². The summed E-state index contributed by atoms with van der Waals surface area (Å²) in [5.41, 5.74) is 0.586. The summed E-state index contributed by atoms with van der Waals surface area (Å²) in [4.78, 5) is 8.49. The molecule has 0 radical (unpaired) electrons. The van der Waals surface area contributed by atoms with Crippen LogP contribution in [0.5, 0.6) is 0 Å². The normalized spacial score (nSPS) is 10.3. The Morgan fingerprint density at radius 1 is 1.21 bits per heavy atom. The van der Waals surface area contributed by atoms with Crippen LogP contribution in [0.2, 0.25) is 5.02 Å². The molecule has 2 aromatic rings. The third-order valence-electron chi connectivity index (χ3n) is 2.39. The summed E-state index contributed by atoms with van der Waals surface area (Å²) < 4.78 is 13.3. The zero-order valence-electron chi connectivity index (χ0n) is 10.7. The first-order valence-electron chi connectivity index (χ1n) is 5.90. The fraction of sp³-hybridized carbons (Fsp3) is 0.231. The number of rotatable bonds is 4. The van der Waals surface area contributed by atoms with Gasteiger partial charge in [-0.25, -0.2) is 14.4 Å². The van der Waals surface area contributed by atoms with Gasteiger partial charge in [0.25, 0.3) is 0 Å². The van der Waals surface area contributed by atoms with E-state index in [0.29, 0.717) is 17.3 Å². The predicted octanol–water partition coefficient (Wildman–Crippen LogP) is 3.75. The number of anilines is 3. The maximum absolute atomic E-state index is 13.3. The van der Waals surface area contributed by atoms with Gasteiger partial charge in [-0.15, -0.1) is 0 Å². The second-order valence-electron chi connectivity index (χ2n) is 3.97. The molecule has 6 heteroatoms. The summed E-state index contributed by atoms with van der Waals surface area (Å²) in [5.74, 6) is 1.50. The highest BCUT2D eigenvalue weighted by atomic mass is 35.5. The van der Waals surface area contributed by atoms with Crippen molar-refractivity contribution in [2.75, 3.05) is 17.2 Å². The first-order valence-corrected chi connectivity index (χ1v) is 6.28. The van der Waals surface area contributed by atoms with Crippen LogP contribution >= 0.6 is 11.6 Å². The lowest BCUT2D eigenvalue weighted by atomic mass is 10.3. The standard InChI is InChI=1S/C13H14ClFN4/c1-3-16-12-7-13(18-8(2)17-12)19-9-4-5-10(14)11(15)6-9/h4-7H,3H2,1-2H3,(H2,16,17,18,19). The van der Waals surface area contributed by atoms with Gasteiger partial charge in [-0.2, -0.15) is 0 Å². The summed E-state index contributed by atoms with van der Waals surface area (Å²) in [6.45, 7) is 4.55. The number of aryl methyl sites for hydroxylation is 1. The molecule has 1 heterocycles. The second-order valence-corrected chi connectivity index (χ2v) is 4.38. The number of benzene rings is 1. The van der Waals surface area contributed by atoms with Crippen LogP contribution in [0.25, 0.3) is 0 Å². The molecule has 0 aliphatic rings. The molecule has 0 aliphatic carbocycles. The van der Waals surface area contributed by atoms with Gasteiger partial charge in [0.1, 0.15) is 23.3 Å². The van der Waals surface area contributed by atoms with Gasteiger partial charge in [0, 0.05) is 18.3 Å². The number of halogens is 2. The molecule has 0 atom stereocenters. The number of nitrogens with one attached hydrogen (secondary N) is 2. The Kier molecular flexibility index (Phi) is 4.16. The maximum atomic E-state index is 13.3. The highest BCUT2D eigenvalue weighted by Gasteiger charge is 2.04. The lowest BCUT2D eigenvalue weighted by Gasteiger charge is -2.09. The molecule has 19 heavy (non-hydrogen) atoms. The van der Waals surface area contributed by atoms with Crippen LogP contribution in [0.1, 0.15) is 12.7 Å². The zero-order chi connectivity index (χ0) is 13.8. The van der Waals surface area contributed by atoms with E-state index < -0.39 is 5.82 Å². The first kappa shape index (κ1) is 13.5. The van der Waals surface area contributed by atoms with Crippen LogP contribution in [0.4, 0.5) is 21.7 Å². The molecule has 0 spiro atoms. The highest BCUT2D eigenvalue weighted by Crippen LogP contribution is 2.22. The molecule has 2 rings (SSSR count). The van der Waals surface area contributed by atoms with Crippen molar-refractivity contribution in [3.8, 4) is 0 Å². The lowest BCUT2D eigenvalue weighted by Crippen LogP contribution is -2.04. The van der Waals surface area contributed by atoms with E-state index in [1.807, 2.05) is 6.92 Å². The van der Waals surface area contributed by atoms with Crippen LogP contribution < -0.4 is 10.6 Å². The van der Waals surface area contributed by atoms with Gasteiger partial charge in [0.05, 0.1) is 5.02 Å². The van der Waals surface area contributed by atoms with E-state index in [4.69, 9.17) is 11.6 Å². The summed E-state index contributed by atoms with van der Waals surface area (Å²) in [6, 6.07) is 6.28. The second kappa shape index (κ2) is 5.84. The molecular weight excluding hydrogens is 267 g/mol. The predicted molar refractivity (Wildman–Crippen MR) is 75.6 cm³/mol. The molecule has 1 aromatic carbocycles. The van der Waals surface area contributed by atoms with Crippen molar-refractivity contribution in [2.24, 2.45) is 0 Å². The lowest BCUT2D eigenvalue weighted by molar-refractivity contribution is 0.629.